The molecule has 0 fully saturated rings. The SMILES string of the molecule is Cc1sc2ncn(CC(=O)Nc3ccccc3Cl)c(=O)c2c1-c1ccc(Cl)cc1. The highest BCUT2D eigenvalue weighted by Gasteiger charge is 2.18. The lowest BCUT2D eigenvalue weighted by Gasteiger charge is -2.09. The van der Waals surface area contributed by atoms with Gasteiger partial charge in [-0.25, -0.2) is 4.98 Å². The number of hydrogen-bond acceptors (Lipinski definition) is 4. The number of fused-ring (bicyclic) bond motifs is 1. The molecule has 0 aliphatic heterocycles. The molecule has 0 radical (unpaired) electrons. The minimum Gasteiger partial charge on any atom is -0.323 e. The molecule has 0 unspecified atom stereocenters. The Morgan fingerprint density at radius 3 is 2.59 bits per heavy atom. The predicted molar refractivity (Wildman–Crippen MR) is 119 cm³/mol. The zero-order chi connectivity index (χ0) is 20.5. The van der Waals surface area contributed by atoms with Gasteiger partial charge in [-0.05, 0) is 36.8 Å². The Bertz CT molecular complexity index is 1280. The van der Waals surface area contributed by atoms with Crippen LogP contribution in [0.2, 0.25) is 10.0 Å². The van der Waals surface area contributed by atoms with Gasteiger partial charge < -0.3 is 5.32 Å². The molecule has 29 heavy (non-hydrogen) atoms. The normalized spacial score (nSPS) is 11.0. The van der Waals surface area contributed by atoms with Gasteiger partial charge in [0, 0.05) is 15.5 Å². The Morgan fingerprint density at radius 1 is 1.14 bits per heavy atom. The average Bonchev–Trinajstić information content (AvgIpc) is 3.03. The van der Waals surface area contributed by atoms with Crippen molar-refractivity contribution in [1.82, 2.24) is 9.55 Å². The number of nitrogens with one attached hydrogen (secondary N) is 1. The molecule has 0 bridgehead atoms. The Morgan fingerprint density at radius 2 is 1.86 bits per heavy atom. The highest BCUT2D eigenvalue weighted by atomic mass is 35.5. The average molecular weight is 444 g/mol. The van der Waals surface area contributed by atoms with Gasteiger partial charge in [0.1, 0.15) is 11.4 Å². The van der Waals surface area contributed by atoms with Crippen molar-refractivity contribution >= 4 is 56.3 Å². The van der Waals surface area contributed by atoms with E-state index in [4.69, 9.17) is 23.2 Å². The number of thiophene rings is 1. The highest BCUT2D eigenvalue weighted by molar-refractivity contribution is 7.19. The van der Waals surface area contributed by atoms with Crippen LogP contribution >= 0.6 is 34.5 Å². The summed E-state index contributed by atoms with van der Waals surface area (Å²) in [6, 6.07) is 14.2. The van der Waals surface area contributed by atoms with Crippen molar-refractivity contribution in [3.63, 3.8) is 0 Å². The summed E-state index contributed by atoms with van der Waals surface area (Å²) >= 11 is 13.5. The number of anilines is 1. The van der Waals surface area contributed by atoms with Crippen LogP contribution in [-0.2, 0) is 11.3 Å². The van der Waals surface area contributed by atoms with E-state index in [0.29, 0.717) is 25.9 Å². The van der Waals surface area contributed by atoms with Gasteiger partial charge >= 0.3 is 0 Å². The lowest BCUT2D eigenvalue weighted by atomic mass is 10.0. The molecule has 0 aliphatic rings. The molecule has 2 aromatic carbocycles. The van der Waals surface area contributed by atoms with Gasteiger partial charge in [-0.2, -0.15) is 0 Å². The summed E-state index contributed by atoms with van der Waals surface area (Å²) in [5.74, 6) is -0.360. The van der Waals surface area contributed by atoms with Crippen LogP contribution in [0.5, 0.6) is 0 Å². The van der Waals surface area contributed by atoms with Crippen molar-refractivity contribution in [1.29, 1.82) is 0 Å². The quantitative estimate of drug-likeness (QED) is 0.460. The Balaban J connectivity index is 1.71. The summed E-state index contributed by atoms with van der Waals surface area (Å²) in [5.41, 5.74) is 1.93. The van der Waals surface area contributed by atoms with E-state index in [2.05, 4.69) is 10.3 Å². The monoisotopic (exact) mass is 443 g/mol. The fourth-order valence-corrected chi connectivity index (χ4v) is 4.43. The van der Waals surface area contributed by atoms with E-state index in [1.165, 1.54) is 22.2 Å². The van der Waals surface area contributed by atoms with Gasteiger partial charge in [-0.1, -0.05) is 47.5 Å². The number of para-hydroxylation sites is 1. The number of aryl methyl sites for hydroxylation is 1. The lowest BCUT2D eigenvalue weighted by Crippen LogP contribution is -2.27. The van der Waals surface area contributed by atoms with Crippen molar-refractivity contribution in [3.8, 4) is 11.1 Å². The van der Waals surface area contributed by atoms with E-state index in [-0.39, 0.29) is 18.0 Å². The van der Waals surface area contributed by atoms with Gasteiger partial charge in [0.25, 0.3) is 5.56 Å². The van der Waals surface area contributed by atoms with Gasteiger partial charge in [-0.3, -0.25) is 14.2 Å². The summed E-state index contributed by atoms with van der Waals surface area (Å²) in [6.45, 7) is 1.78. The van der Waals surface area contributed by atoms with E-state index in [0.717, 1.165) is 16.0 Å². The zero-order valence-electron chi connectivity index (χ0n) is 15.3. The lowest BCUT2D eigenvalue weighted by molar-refractivity contribution is -0.116. The summed E-state index contributed by atoms with van der Waals surface area (Å²) in [5, 5.41) is 4.28. The van der Waals surface area contributed by atoms with Crippen LogP contribution in [0, 0.1) is 6.92 Å². The van der Waals surface area contributed by atoms with E-state index < -0.39 is 0 Å². The maximum absolute atomic E-state index is 13.2. The number of carbonyl (C=O) groups excluding carboxylic acids is 1. The molecule has 5 nitrogen and oxygen atoms in total. The second-order valence-corrected chi connectivity index (χ2v) is 8.47. The van der Waals surface area contributed by atoms with Crippen LogP contribution in [0.1, 0.15) is 4.88 Å². The first kappa shape index (κ1) is 19.6. The number of halogens is 2. The Labute approximate surface area is 180 Å². The van der Waals surface area contributed by atoms with Gasteiger partial charge in [-0.15, -0.1) is 11.3 Å². The first-order valence-electron chi connectivity index (χ1n) is 8.73. The van der Waals surface area contributed by atoms with Crippen LogP contribution in [-0.4, -0.2) is 15.5 Å². The summed E-state index contributed by atoms with van der Waals surface area (Å²) < 4.78 is 1.31. The fraction of sp³-hybridized carbons (Fsp3) is 0.0952. The van der Waals surface area contributed by atoms with Crippen LogP contribution in [0.15, 0.2) is 59.7 Å². The van der Waals surface area contributed by atoms with Crippen molar-refractivity contribution in [2.75, 3.05) is 5.32 Å². The molecule has 1 N–H and O–H groups in total. The maximum Gasteiger partial charge on any atom is 0.263 e. The molecule has 0 saturated carbocycles. The van der Waals surface area contributed by atoms with Crippen LogP contribution in [0.25, 0.3) is 21.3 Å². The molecule has 8 heteroatoms. The third kappa shape index (κ3) is 3.92. The van der Waals surface area contributed by atoms with Crippen LogP contribution < -0.4 is 10.9 Å². The largest absolute Gasteiger partial charge is 0.323 e. The first-order chi connectivity index (χ1) is 13.9. The molecule has 1 amide bonds. The second kappa shape index (κ2) is 7.99. The minimum atomic E-state index is -0.360. The predicted octanol–water partition coefficient (Wildman–Crippen LogP) is 5.38. The Hall–Kier alpha value is -2.67. The molecule has 0 saturated heterocycles. The molecular weight excluding hydrogens is 429 g/mol. The highest BCUT2D eigenvalue weighted by Crippen LogP contribution is 2.35. The molecule has 2 heterocycles. The van der Waals surface area contributed by atoms with E-state index in [9.17, 15) is 9.59 Å². The number of benzene rings is 2. The molecule has 0 aliphatic carbocycles. The number of nitrogens with zero attached hydrogens (tertiary/aromatic N) is 2. The number of rotatable bonds is 4. The fourth-order valence-electron chi connectivity index (χ4n) is 3.12. The van der Waals surface area contributed by atoms with E-state index >= 15 is 0 Å². The number of carbonyl (C=O) groups is 1. The number of amides is 1. The molecule has 4 rings (SSSR count). The standard InChI is InChI=1S/C21H15Cl2N3O2S/c1-12-18(13-6-8-14(22)9-7-13)19-20(29-12)24-11-26(21(19)28)10-17(27)25-16-5-3-2-4-15(16)23/h2-9,11H,10H2,1H3,(H,25,27). The van der Waals surface area contributed by atoms with Crippen molar-refractivity contribution < 1.29 is 4.79 Å². The molecular formula is C21H15Cl2N3O2S. The Kier molecular flexibility index (Phi) is 5.41. The summed E-state index contributed by atoms with van der Waals surface area (Å²) in [4.78, 5) is 31.6. The smallest absolute Gasteiger partial charge is 0.263 e. The summed E-state index contributed by atoms with van der Waals surface area (Å²) in [6.07, 6.45) is 1.40. The molecule has 146 valence electrons. The zero-order valence-corrected chi connectivity index (χ0v) is 17.6. The topological polar surface area (TPSA) is 64.0 Å². The van der Waals surface area contributed by atoms with E-state index in [1.54, 1.807) is 36.4 Å². The molecule has 0 spiro atoms. The number of aromatic nitrogens is 2. The van der Waals surface area contributed by atoms with E-state index in [1.807, 2.05) is 19.1 Å². The van der Waals surface area contributed by atoms with Crippen molar-refractivity contribution in [3.05, 3.63) is 80.1 Å². The molecule has 0 atom stereocenters. The van der Waals surface area contributed by atoms with Crippen LogP contribution in [0.3, 0.4) is 0 Å². The maximum atomic E-state index is 13.2. The number of hydrogen-bond donors (Lipinski definition) is 1. The minimum absolute atomic E-state index is 0.165. The molecule has 2 aromatic heterocycles. The van der Waals surface area contributed by atoms with Crippen molar-refractivity contribution in [2.24, 2.45) is 0 Å². The first-order valence-corrected chi connectivity index (χ1v) is 10.3. The van der Waals surface area contributed by atoms with Gasteiger partial charge in [0.2, 0.25) is 5.91 Å². The van der Waals surface area contributed by atoms with Gasteiger partial charge in [0.15, 0.2) is 0 Å². The third-order valence-electron chi connectivity index (χ3n) is 4.45. The van der Waals surface area contributed by atoms with Gasteiger partial charge in [0.05, 0.1) is 22.4 Å². The van der Waals surface area contributed by atoms with Crippen LogP contribution in [0.4, 0.5) is 5.69 Å². The summed E-state index contributed by atoms with van der Waals surface area (Å²) in [7, 11) is 0. The third-order valence-corrected chi connectivity index (χ3v) is 6.04. The second-order valence-electron chi connectivity index (χ2n) is 6.43. The van der Waals surface area contributed by atoms with Crippen molar-refractivity contribution in [2.45, 2.75) is 13.5 Å². The molecule has 4 aromatic rings.